The van der Waals surface area contributed by atoms with E-state index in [4.69, 9.17) is 14.6 Å². The highest BCUT2D eigenvalue weighted by molar-refractivity contribution is 7.87. The van der Waals surface area contributed by atoms with Crippen LogP contribution in [0.3, 0.4) is 0 Å². The zero-order valence-corrected chi connectivity index (χ0v) is 39.8. The summed E-state index contributed by atoms with van der Waals surface area (Å²) >= 11 is 0. The number of guanidine groups is 1. The molecule has 0 aliphatic rings. The average molecular weight is 858 g/mol. The number of unbranched alkanes of at least 4 members (excludes halogenated alkanes) is 24. The molecule has 0 aliphatic carbocycles. The molecule has 4 N–H and O–H groups in total. The van der Waals surface area contributed by atoms with Gasteiger partial charge in [0.05, 0.1) is 6.61 Å². The summed E-state index contributed by atoms with van der Waals surface area (Å²) in [5, 5.41) is 8.14. The highest BCUT2D eigenvalue weighted by Crippen LogP contribution is 2.19. The van der Waals surface area contributed by atoms with Crippen LogP contribution in [0.2, 0.25) is 0 Å². The Morgan fingerprint density at radius 2 is 0.966 bits per heavy atom. The minimum absolute atomic E-state index is 0.0129. The first-order valence-electron chi connectivity index (χ1n) is 24.7. The van der Waals surface area contributed by atoms with Gasteiger partial charge in [0.25, 0.3) is 10.2 Å². The Morgan fingerprint density at radius 1 is 0.559 bits per heavy atom. The molecule has 11 nitrogen and oxygen atoms in total. The van der Waals surface area contributed by atoms with Crippen molar-refractivity contribution in [2.75, 3.05) is 39.8 Å². The van der Waals surface area contributed by atoms with Gasteiger partial charge in [-0.15, -0.1) is 0 Å². The van der Waals surface area contributed by atoms with Gasteiger partial charge >= 0.3 is 11.9 Å². The summed E-state index contributed by atoms with van der Waals surface area (Å²) in [5.74, 6) is 0.0780. The SMILES string of the molecule is CCCCCCCCCOC(=O)CCCCCCCN(CCCCCCCC(=O)OC(CCCCCCCC)CCCCCCCC)CCCNC(=NC)NS(N)(=O)=O. The van der Waals surface area contributed by atoms with Gasteiger partial charge in [-0.05, 0) is 83.8 Å². The molecule has 0 atom stereocenters. The molecule has 0 fully saturated rings. The Kier molecular flexibility index (Phi) is 41.4. The van der Waals surface area contributed by atoms with Crippen LogP contribution in [0.25, 0.3) is 0 Å². The zero-order valence-electron chi connectivity index (χ0n) is 39.0. The van der Waals surface area contributed by atoms with Crippen molar-refractivity contribution in [3.05, 3.63) is 0 Å². The lowest BCUT2D eigenvalue weighted by Gasteiger charge is -2.23. The van der Waals surface area contributed by atoms with Crippen LogP contribution in [0.4, 0.5) is 0 Å². The summed E-state index contributed by atoms with van der Waals surface area (Å²) in [5.41, 5.74) is 0. The van der Waals surface area contributed by atoms with Crippen molar-refractivity contribution in [3.8, 4) is 0 Å². The van der Waals surface area contributed by atoms with Gasteiger partial charge in [0.2, 0.25) is 5.96 Å². The third kappa shape index (κ3) is 42.6. The fourth-order valence-corrected chi connectivity index (χ4v) is 7.97. The number of ether oxygens (including phenoxy) is 2. The van der Waals surface area contributed by atoms with Crippen molar-refractivity contribution >= 4 is 28.1 Å². The van der Waals surface area contributed by atoms with E-state index in [-0.39, 0.29) is 24.0 Å². The average Bonchev–Trinajstić information content (AvgIpc) is 3.20. The standard InChI is InChI=1S/C47H95N5O6S/c1-5-8-11-14-17-26-33-43-57-45(53)37-29-22-18-24-31-40-52(42-34-39-50-47(49-4)51-59(48,55)56)41-32-25-19-23-30-38-46(54)58-44(35-27-20-15-12-9-6-2)36-28-21-16-13-10-7-3/h44H,5-43H2,1-4H3,(H2,48,55,56)(H2,49,50,51). The zero-order chi connectivity index (χ0) is 43.5. The van der Waals surface area contributed by atoms with E-state index >= 15 is 0 Å². The second-order valence-electron chi connectivity index (χ2n) is 16.9. The van der Waals surface area contributed by atoms with E-state index < -0.39 is 10.2 Å². The summed E-state index contributed by atoms with van der Waals surface area (Å²) < 4.78 is 36.5. The Labute approximate surface area is 364 Å². The highest BCUT2D eigenvalue weighted by atomic mass is 32.2. The number of rotatable bonds is 44. The summed E-state index contributed by atoms with van der Waals surface area (Å²) in [4.78, 5) is 31.4. The molecule has 0 spiro atoms. The van der Waals surface area contributed by atoms with Crippen molar-refractivity contribution in [2.24, 2.45) is 10.1 Å². The first kappa shape index (κ1) is 57.1. The molecule has 0 unspecified atom stereocenters. The van der Waals surface area contributed by atoms with Gasteiger partial charge < -0.3 is 19.7 Å². The van der Waals surface area contributed by atoms with Crippen LogP contribution >= 0.6 is 0 Å². The van der Waals surface area contributed by atoms with Crippen molar-refractivity contribution in [1.82, 2.24) is 14.9 Å². The first-order valence-corrected chi connectivity index (χ1v) is 26.3. The Balaban J connectivity index is 4.53. The van der Waals surface area contributed by atoms with Crippen LogP contribution in [0.15, 0.2) is 4.99 Å². The molecule has 12 heteroatoms. The van der Waals surface area contributed by atoms with Gasteiger partial charge in [-0.2, -0.15) is 8.42 Å². The summed E-state index contributed by atoms with van der Waals surface area (Å²) in [7, 11) is -2.36. The molecule has 0 saturated carbocycles. The van der Waals surface area contributed by atoms with Gasteiger partial charge in [-0.3, -0.25) is 14.6 Å². The van der Waals surface area contributed by atoms with Gasteiger partial charge in [-0.1, -0.05) is 162 Å². The molecule has 0 saturated heterocycles. The number of carbonyl (C=O) groups excluding carboxylic acids is 2. The lowest BCUT2D eigenvalue weighted by Crippen LogP contribution is -2.44. The van der Waals surface area contributed by atoms with Crippen molar-refractivity contribution in [3.63, 3.8) is 0 Å². The maximum absolute atomic E-state index is 12.8. The number of nitrogens with one attached hydrogen (secondary N) is 2. The van der Waals surface area contributed by atoms with Crippen molar-refractivity contribution in [1.29, 1.82) is 0 Å². The van der Waals surface area contributed by atoms with Crippen LogP contribution in [-0.4, -0.2) is 77.2 Å². The normalized spacial score (nSPS) is 12.1. The lowest BCUT2D eigenvalue weighted by molar-refractivity contribution is -0.150. The Hall–Kier alpha value is -1.92. The third-order valence-electron chi connectivity index (χ3n) is 11.2. The van der Waals surface area contributed by atoms with E-state index in [1.54, 1.807) is 0 Å². The molecule has 0 heterocycles. The van der Waals surface area contributed by atoms with Gasteiger partial charge in [-0.25, -0.2) is 9.86 Å². The topological polar surface area (TPSA) is 152 Å². The fourth-order valence-electron chi connectivity index (χ4n) is 7.54. The summed E-state index contributed by atoms with van der Waals surface area (Å²) in [6.07, 6.45) is 38.2. The highest BCUT2D eigenvalue weighted by Gasteiger charge is 2.15. The third-order valence-corrected chi connectivity index (χ3v) is 11.7. The smallest absolute Gasteiger partial charge is 0.306 e. The van der Waals surface area contributed by atoms with Gasteiger partial charge in [0, 0.05) is 26.4 Å². The number of nitrogens with two attached hydrogens (primary N) is 1. The predicted molar refractivity (Wildman–Crippen MR) is 249 cm³/mol. The molecule has 0 aromatic carbocycles. The van der Waals surface area contributed by atoms with E-state index in [1.165, 1.54) is 103 Å². The number of nitrogens with zero attached hydrogens (tertiary/aromatic N) is 2. The number of esters is 2. The van der Waals surface area contributed by atoms with E-state index in [9.17, 15) is 18.0 Å². The second-order valence-corrected chi connectivity index (χ2v) is 18.2. The molecule has 0 bridgehead atoms. The monoisotopic (exact) mass is 858 g/mol. The van der Waals surface area contributed by atoms with Crippen molar-refractivity contribution in [2.45, 2.75) is 245 Å². The Bertz CT molecular complexity index is 1080. The lowest BCUT2D eigenvalue weighted by atomic mass is 10.0. The number of hydrogen-bond acceptors (Lipinski definition) is 8. The summed E-state index contributed by atoms with van der Waals surface area (Å²) in [6, 6.07) is 0. The molecule has 59 heavy (non-hydrogen) atoms. The maximum Gasteiger partial charge on any atom is 0.306 e. The second kappa shape index (κ2) is 42.8. The molecule has 0 rings (SSSR count). The molecular weight excluding hydrogens is 763 g/mol. The van der Waals surface area contributed by atoms with Gasteiger partial charge in [0.15, 0.2) is 0 Å². The number of carbonyl (C=O) groups is 2. The molecular formula is C47H95N5O6S. The maximum atomic E-state index is 12.8. The van der Waals surface area contributed by atoms with E-state index in [0.717, 1.165) is 129 Å². The quantitative estimate of drug-likeness (QED) is 0.0237. The number of hydrogen-bond donors (Lipinski definition) is 3. The van der Waals surface area contributed by atoms with Crippen LogP contribution in [0.1, 0.15) is 239 Å². The van der Waals surface area contributed by atoms with E-state index in [0.29, 0.717) is 26.0 Å². The Morgan fingerprint density at radius 3 is 1.44 bits per heavy atom. The minimum Gasteiger partial charge on any atom is -0.466 e. The predicted octanol–water partition coefficient (Wildman–Crippen LogP) is 11.4. The van der Waals surface area contributed by atoms with Gasteiger partial charge in [0.1, 0.15) is 6.10 Å². The molecule has 0 radical (unpaired) electrons. The molecule has 0 aromatic heterocycles. The molecule has 0 aromatic rings. The van der Waals surface area contributed by atoms with Crippen LogP contribution in [0, 0.1) is 0 Å². The molecule has 0 aliphatic heterocycles. The van der Waals surface area contributed by atoms with Crippen molar-refractivity contribution < 1.29 is 27.5 Å². The van der Waals surface area contributed by atoms with Crippen LogP contribution in [0.5, 0.6) is 0 Å². The molecule has 0 amide bonds. The largest absolute Gasteiger partial charge is 0.466 e. The molecule has 350 valence electrons. The summed E-state index contributed by atoms with van der Waals surface area (Å²) in [6.45, 7) is 10.8. The van der Waals surface area contributed by atoms with Crippen LogP contribution < -0.4 is 15.2 Å². The van der Waals surface area contributed by atoms with E-state index in [1.807, 2.05) is 0 Å². The van der Waals surface area contributed by atoms with Crippen LogP contribution in [-0.2, 0) is 29.3 Å². The van der Waals surface area contributed by atoms with E-state index in [2.05, 4.69) is 40.7 Å². The fraction of sp³-hybridized carbons (Fsp3) is 0.936. The number of aliphatic imine (C=N–C) groups is 1. The first-order chi connectivity index (χ1) is 28.6. The minimum atomic E-state index is -3.88.